The summed E-state index contributed by atoms with van der Waals surface area (Å²) in [6.07, 6.45) is 5.44. The van der Waals surface area contributed by atoms with Gasteiger partial charge in [-0.2, -0.15) is 0 Å². The average molecular weight is 304 g/mol. The van der Waals surface area contributed by atoms with Crippen molar-refractivity contribution in [3.8, 4) is 5.88 Å². The minimum Gasteiger partial charge on any atom is -0.477 e. The normalized spacial score (nSPS) is 28.0. The van der Waals surface area contributed by atoms with Gasteiger partial charge in [-0.15, -0.1) is 0 Å². The second-order valence-corrected chi connectivity index (χ2v) is 6.24. The van der Waals surface area contributed by atoms with Gasteiger partial charge in [0.2, 0.25) is 11.8 Å². The van der Waals surface area contributed by atoms with Crippen LogP contribution in [0.5, 0.6) is 5.88 Å². The number of aromatic nitrogens is 1. The molecule has 2 unspecified atom stereocenters. The van der Waals surface area contributed by atoms with E-state index in [2.05, 4.69) is 4.98 Å². The highest BCUT2D eigenvalue weighted by atomic mass is 16.5. The number of fused-ring (bicyclic) bond motifs is 1. The van der Waals surface area contributed by atoms with Gasteiger partial charge in [0.1, 0.15) is 0 Å². The van der Waals surface area contributed by atoms with Crippen LogP contribution in [0, 0.1) is 5.41 Å². The molecule has 0 aliphatic carbocycles. The zero-order valence-electron chi connectivity index (χ0n) is 13.2. The monoisotopic (exact) mass is 304 g/mol. The maximum Gasteiger partial charge on any atom is 0.222 e. The maximum atomic E-state index is 12.1. The fourth-order valence-corrected chi connectivity index (χ4v) is 3.59. The summed E-state index contributed by atoms with van der Waals surface area (Å²) in [5.41, 5.74) is -0.0984. The van der Waals surface area contributed by atoms with E-state index in [4.69, 9.17) is 9.47 Å². The Labute approximate surface area is 131 Å². The Hall–Kier alpha value is -1.62. The third kappa shape index (κ3) is 3.09. The summed E-state index contributed by atoms with van der Waals surface area (Å²) in [4.78, 5) is 18.3. The molecule has 2 aliphatic rings. The number of carbonyl (C=O) groups is 1. The Bertz CT molecular complexity index is 508. The van der Waals surface area contributed by atoms with Gasteiger partial charge in [-0.05, 0) is 25.3 Å². The smallest absolute Gasteiger partial charge is 0.222 e. The van der Waals surface area contributed by atoms with Gasteiger partial charge >= 0.3 is 0 Å². The van der Waals surface area contributed by atoms with Crippen LogP contribution in [0.1, 0.15) is 32.6 Å². The summed E-state index contributed by atoms with van der Waals surface area (Å²) < 4.78 is 11.9. The molecule has 2 atom stereocenters. The van der Waals surface area contributed by atoms with Crippen molar-refractivity contribution >= 4 is 5.91 Å². The topological polar surface area (TPSA) is 51.7 Å². The Morgan fingerprint density at radius 2 is 2.45 bits per heavy atom. The lowest BCUT2D eigenvalue weighted by molar-refractivity contribution is -0.157. The van der Waals surface area contributed by atoms with Crippen LogP contribution in [0.15, 0.2) is 24.4 Å². The van der Waals surface area contributed by atoms with E-state index in [9.17, 15) is 4.79 Å². The van der Waals surface area contributed by atoms with Crippen LogP contribution in [0.2, 0.25) is 0 Å². The number of carbonyl (C=O) groups excluding carboxylic acids is 1. The molecule has 5 heteroatoms. The highest BCUT2D eigenvalue weighted by Crippen LogP contribution is 2.40. The fraction of sp³-hybridized carbons (Fsp3) is 0.647. The number of pyridine rings is 1. The van der Waals surface area contributed by atoms with Crippen LogP contribution in [0.25, 0.3) is 0 Å². The van der Waals surface area contributed by atoms with Gasteiger partial charge in [-0.3, -0.25) is 4.79 Å². The summed E-state index contributed by atoms with van der Waals surface area (Å²) in [6.45, 7) is 4.82. The molecule has 0 radical (unpaired) electrons. The summed E-state index contributed by atoms with van der Waals surface area (Å²) in [7, 11) is 0. The molecule has 2 aliphatic heterocycles. The second-order valence-electron chi connectivity index (χ2n) is 6.24. The Morgan fingerprint density at radius 3 is 3.23 bits per heavy atom. The molecular formula is C17H24N2O3. The van der Waals surface area contributed by atoms with E-state index in [0.29, 0.717) is 18.9 Å². The molecule has 0 spiro atoms. The highest BCUT2D eigenvalue weighted by Gasteiger charge is 2.47. The first-order valence-electron chi connectivity index (χ1n) is 8.17. The quantitative estimate of drug-likeness (QED) is 0.856. The fourth-order valence-electron chi connectivity index (χ4n) is 3.59. The van der Waals surface area contributed by atoms with Crippen LogP contribution < -0.4 is 4.74 Å². The highest BCUT2D eigenvalue weighted by molar-refractivity contribution is 5.76. The predicted molar refractivity (Wildman–Crippen MR) is 82.6 cm³/mol. The number of likely N-dealkylation sites (tertiary alicyclic amines) is 1. The number of hydrogen-bond acceptors (Lipinski definition) is 4. The first kappa shape index (κ1) is 15.3. The van der Waals surface area contributed by atoms with Crippen molar-refractivity contribution in [1.29, 1.82) is 0 Å². The van der Waals surface area contributed by atoms with Crippen molar-refractivity contribution in [3.05, 3.63) is 24.4 Å². The van der Waals surface area contributed by atoms with Crippen molar-refractivity contribution in [3.63, 3.8) is 0 Å². The lowest BCUT2D eigenvalue weighted by atomic mass is 9.73. The van der Waals surface area contributed by atoms with E-state index >= 15 is 0 Å². The van der Waals surface area contributed by atoms with Crippen molar-refractivity contribution in [1.82, 2.24) is 9.88 Å². The standard InChI is InChI=1S/C17H24N2O3/c1-2-16(20)19-10-7-14-17(12-19,8-5-11-21-14)13-22-15-6-3-4-9-18-15/h3-4,6,9,14H,2,5,7-8,10-13H2,1H3. The average Bonchev–Trinajstić information content (AvgIpc) is 2.59. The van der Waals surface area contributed by atoms with Crippen molar-refractivity contribution in [2.45, 2.75) is 38.7 Å². The third-order valence-electron chi connectivity index (χ3n) is 4.79. The largest absolute Gasteiger partial charge is 0.477 e. The van der Waals surface area contributed by atoms with Gasteiger partial charge in [0, 0.05) is 43.8 Å². The minimum absolute atomic E-state index is 0.0984. The molecule has 0 aromatic carbocycles. The lowest BCUT2D eigenvalue weighted by Crippen LogP contribution is -2.58. The molecule has 1 aromatic rings. The molecule has 2 fully saturated rings. The van der Waals surface area contributed by atoms with Crippen LogP contribution in [0.3, 0.4) is 0 Å². The molecule has 1 aromatic heterocycles. The maximum absolute atomic E-state index is 12.1. The number of piperidine rings is 1. The summed E-state index contributed by atoms with van der Waals surface area (Å²) in [5, 5.41) is 0. The minimum atomic E-state index is -0.0984. The van der Waals surface area contributed by atoms with Crippen LogP contribution >= 0.6 is 0 Å². The molecule has 1 amide bonds. The van der Waals surface area contributed by atoms with Crippen molar-refractivity contribution < 1.29 is 14.3 Å². The SMILES string of the molecule is CCC(=O)N1CCC2OCCCC2(COc2ccccn2)C1. The number of rotatable bonds is 4. The second kappa shape index (κ2) is 6.65. The predicted octanol–water partition coefficient (Wildman–Crippen LogP) is 2.27. The Balaban J connectivity index is 1.73. The van der Waals surface area contributed by atoms with E-state index in [1.165, 1.54) is 0 Å². The van der Waals surface area contributed by atoms with Gasteiger partial charge in [0.25, 0.3) is 0 Å². The van der Waals surface area contributed by atoms with E-state index in [1.807, 2.05) is 30.0 Å². The lowest BCUT2D eigenvalue weighted by Gasteiger charge is -2.50. The van der Waals surface area contributed by atoms with E-state index < -0.39 is 0 Å². The molecule has 3 rings (SSSR count). The summed E-state index contributed by atoms with van der Waals surface area (Å²) in [5.74, 6) is 0.862. The number of amides is 1. The van der Waals surface area contributed by atoms with Gasteiger partial charge in [0.15, 0.2) is 0 Å². The van der Waals surface area contributed by atoms with Crippen molar-refractivity contribution in [2.75, 3.05) is 26.3 Å². The van der Waals surface area contributed by atoms with Gasteiger partial charge in [-0.25, -0.2) is 4.98 Å². The molecule has 0 bridgehead atoms. The van der Waals surface area contributed by atoms with Crippen molar-refractivity contribution in [2.24, 2.45) is 5.41 Å². The summed E-state index contributed by atoms with van der Waals surface area (Å²) in [6, 6.07) is 5.66. The van der Waals surface area contributed by atoms with E-state index in [0.717, 1.165) is 39.0 Å². The first-order chi connectivity index (χ1) is 10.7. The number of nitrogens with zero attached hydrogens (tertiary/aromatic N) is 2. The summed E-state index contributed by atoms with van der Waals surface area (Å²) >= 11 is 0. The van der Waals surface area contributed by atoms with Gasteiger partial charge < -0.3 is 14.4 Å². The molecular weight excluding hydrogens is 280 g/mol. The third-order valence-corrected chi connectivity index (χ3v) is 4.79. The zero-order valence-corrected chi connectivity index (χ0v) is 13.2. The molecule has 3 heterocycles. The van der Waals surface area contributed by atoms with Crippen LogP contribution in [-0.4, -0.2) is 48.2 Å². The first-order valence-corrected chi connectivity index (χ1v) is 8.17. The van der Waals surface area contributed by atoms with Gasteiger partial charge in [-0.1, -0.05) is 13.0 Å². The molecule has 2 saturated heterocycles. The molecule has 5 nitrogen and oxygen atoms in total. The molecule has 120 valence electrons. The number of hydrogen-bond donors (Lipinski definition) is 0. The molecule has 0 N–H and O–H groups in total. The Morgan fingerprint density at radius 1 is 1.55 bits per heavy atom. The molecule has 22 heavy (non-hydrogen) atoms. The number of ether oxygens (including phenoxy) is 2. The zero-order chi connectivity index (χ0) is 15.4. The van der Waals surface area contributed by atoms with E-state index in [1.54, 1.807) is 6.20 Å². The van der Waals surface area contributed by atoms with Gasteiger partial charge in [0.05, 0.1) is 12.7 Å². The van der Waals surface area contributed by atoms with Crippen LogP contribution in [0.4, 0.5) is 0 Å². The van der Waals surface area contributed by atoms with E-state index in [-0.39, 0.29) is 17.4 Å². The van der Waals surface area contributed by atoms with Crippen LogP contribution in [-0.2, 0) is 9.53 Å². The Kier molecular flexibility index (Phi) is 4.62. The molecule has 0 saturated carbocycles.